The molecule has 0 fully saturated rings. The maximum absolute atomic E-state index is 5.92. The Morgan fingerprint density at radius 2 is 1.07 bits per heavy atom. The molecule has 29 heavy (non-hydrogen) atoms. The van der Waals surface area contributed by atoms with Crippen molar-refractivity contribution < 1.29 is 9.47 Å². The fraction of sp³-hybridized carbons (Fsp3) is 0. The van der Waals surface area contributed by atoms with Crippen LogP contribution in [0.1, 0.15) is 0 Å². The van der Waals surface area contributed by atoms with Crippen LogP contribution in [0.3, 0.4) is 0 Å². The van der Waals surface area contributed by atoms with Crippen LogP contribution in [0.4, 0.5) is 11.6 Å². The van der Waals surface area contributed by atoms with Crippen LogP contribution in [-0.4, -0.2) is 15.0 Å². The Morgan fingerprint density at radius 1 is 0.586 bits per heavy atom. The summed E-state index contributed by atoms with van der Waals surface area (Å²) in [5, 5.41) is 4.32. The van der Waals surface area contributed by atoms with Crippen LogP contribution in [0.2, 0.25) is 10.0 Å². The minimum absolute atomic E-state index is 0.0738. The first-order valence-electron chi connectivity index (χ1n) is 8.59. The number of nitrogens with one attached hydrogen (secondary N) is 1. The smallest absolute Gasteiger partial charge is 0.330 e. The molecule has 1 heterocycles. The first-order chi connectivity index (χ1) is 14.1. The maximum atomic E-state index is 5.92. The normalized spacial score (nSPS) is 10.4. The van der Waals surface area contributed by atoms with Crippen LogP contribution in [0.15, 0.2) is 78.9 Å². The quantitative estimate of drug-likeness (QED) is 0.380. The standard InChI is InChI=1S/C21H14Cl2N4O2/c22-14-6-10-17(11-7-14)28-20-25-19(24-16-4-2-1-3-5-16)26-21(27-20)29-18-12-8-15(23)9-13-18/h1-13H,(H,24,25,26,27). The summed E-state index contributed by atoms with van der Waals surface area (Å²) in [7, 11) is 0. The number of para-hydroxylation sites is 1. The van der Waals surface area contributed by atoms with Gasteiger partial charge in [-0.15, -0.1) is 4.98 Å². The number of benzene rings is 3. The van der Waals surface area contributed by atoms with Gasteiger partial charge in [-0.2, -0.15) is 9.97 Å². The van der Waals surface area contributed by atoms with Crippen LogP contribution in [0, 0.1) is 0 Å². The molecule has 0 atom stereocenters. The first-order valence-corrected chi connectivity index (χ1v) is 9.35. The van der Waals surface area contributed by atoms with E-state index in [1.807, 2.05) is 30.3 Å². The van der Waals surface area contributed by atoms with Crippen LogP contribution >= 0.6 is 23.2 Å². The van der Waals surface area contributed by atoms with E-state index < -0.39 is 0 Å². The molecule has 0 amide bonds. The van der Waals surface area contributed by atoms with Gasteiger partial charge in [0.2, 0.25) is 5.95 Å². The maximum Gasteiger partial charge on any atom is 0.330 e. The number of hydrogen-bond acceptors (Lipinski definition) is 6. The van der Waals surface area contributed by atoms with Crippen molar-refractivity contribution in [3.8, 4) is 23.5 Å². The first kappa shape index (κ1) is 19.0. The average molecular weight is 425 g/mol. The molecule has 4 rings (SSSR count). The third-order valence-electron chi connectivity index (χ3n) is 3.67. The monoisotopic (exact) mass is 424 g/mol. The number of aromatic nitrogens is 3. The second-order valence-corrected chi connectivity index (χ2v) is 6.70. The van der Waals surface area contributed by atoms with Crippen molar-refractivity contribution in [3.63, 3.8) is 0 Å². The van der Waals surface area contributed by atoms with E-state index in [0.29, 0.717) is 21.5 Å². The van der Waals surface area contributed by atoms with Crippen molar-refractivity contribution in [1.82, 2.24) is 15.0 Å². The molecule has 8 heteroatoms. The van der Waals surface area contributed by atoms with Gasteiger partial charge in [-0.25, -0.2) is 0 Å². The summed E-state index contributed by atoms with van der Waals surface area (Å²) in [6.45, 7) is 0. The van der Waals surface area contributed by atoms with Crippen molar-refractivity contribution in [2.45, 2.75) is 0 Å². The van der Waals surface area contributed by atoms with Crippen molar-refractivity contribution in [2.24, 2.45) is 0 Å². The number of nitrogens with zero attached hydrogens (tertiary/aromatic N) is 3. The van der Waals surface area contributed by atoms with Gasteiger partial charge in [-0.1, -0.05) is 41.4 Å². The fourth-order valence-electron chi connectivity index (χ4n) is 2.35. The van der Waals surface area contributed by atoms with Crippen LogP contribution < -0.4 is 14.8 Å². The molecule has 0 aliphatic rings. The van der Waals surface area contributed by atoms with Gasteiger partial charge in [0.05, 0.1) is 0 Å². The second kappa shape index (κ2) is 8.77. The minimum atomic E-state index is 0.0738. The molecule has 0 radical (unpaired) electrons. The van der Waals surface area contributed by atoms with Crippen molar-refractivity contribution in [2.75, 3.05) is 5.32 Å². The Morgan fingerprint density at radius 3 is 1.55 bits per heavy atom. The molecule has 0 saturated carbocycles. The van der Waals surface area contributed by atoms with E-state index in [-0.39, 0.29) is 18.0 Å². The highest BCUT2D eigenvalue weighted by atomic mass is 35.5. The Balaban J connectivity index is 1.64. The van der Waals surface area contributed by atoms with E-state index in [0.717, 1.165) is 5.69 Å². The molecule has 0 saturated heterocycles. The number of halogens is 2. The summed E-state index contributed by atoms with van der Waals surface area (Å²) in [6, 6.07) is 23.4. The summed E-state index contributed by atoms with van der Waals surface area (Å²) in [5.41, 5.74) is 0.814. The minimum Gasteiger partial charge on any atom is -0.424 e. The van der Waals surface area contributed by atoms with Gasteiger partial charge in [-0.3, -0.25) is 0 Å². The van der Waals surface area contributed by atoms with Crippen LogP contribution in [0.5, 0.6) is 23.5 Å². The molecule has 0 spiro atoms. The molecule has 1 aromatic heterocycles. The predicted molar refractivity (Wildman–Crippen MR) is 113 cm³/mol. The van der Waals surface area contributed by atoms with Gasteiger partial charge >= 0.3 is 12.0 Å². The number of hydrogen-bond donors (Lipinski definition) is 1. The highest BCUT2D eigenvalue weighted by molar-refractivity contribution is 6.30. The molecule has 1 N–H and O–H groups in total. The van der Waals surface area contributed by atoms with Gasteiger partial charge in [-0.05, 0) is 60.7 Å². The molecular formula is C21H14Cl2N4O2. The molecule has 0 unspecified atom stereocenters. The Bertz CT molecular complexity index is 1030. The summed E-state index contributed by atoms with van der Waals surface area (Å²) in [5.74, 6) is 1.34. The number of rotatable bonds is 6. The van der Waals surface area contributed by atoms with E-state index >= 15 is 0 Å². The van der Waals surface area contributed by atoms with Gasteiger partial charge in [0.1, 0.15) is 11.5 Å². The largest absolute Gasteiger partial charge is 0.424 e. The number of anilines is 2. The highest BCUT2D eigenvalue weighted by Gasteiger charge is 2.11. The third-order valence-corrected chi connectivity index (χ3v) is 4.17. The zero-order valence-electron chi connectivity index (χ0n) is 14.9. The fourth-order valence-corrected chi connectivity index (χ4v) is 2.60. The second-order valence-electron chi connectivity index (χ2n) is 5.83. The number of ether oxygens (including phenoxy) is 2. The lowest BCUT2D eigenvalue weighted by molar-refractivity contribution is 0.399. The van der Waals surface area contributed by atoms with Crippen molar-refractivity contribution >= 4 is 34.8 Å². The third kappa shape index (κ3) is 5.34. The predicted octanol–water partition coefficient (Wildman–Crippen LogP) is 6.51. The zero-order valence-corrected chi connectivity index (χ0v) is 16.4. The molecule has 0 aliphatic heterocycles. The highest BCUT2D eigenvalue weighted by Crippen LogP contribution is 2.26. The molecular weight excluding hydrogens is 411 g/mol. The molecule has 4 aromatic rings. The molecule has 3 aromatic carbocycles. The van der Waals surface area contributed by atoms with Crippen molar-refractivity contribution in [1.29, 1.82) is 0 Å². The Kier molecular flexibility index (Phi) is 5.74. The lowest BCUT2D eigenvalue weighted by atomic mass is 10.3. The Hall–Kier alpha value is -3.35. The molecule has 0 bridgehead atoms. The van der Waals surface area contributed by atoms with E-state index in [4.69, 9.17) is 32.7 Å². The summed E-state index contributed by atoms with van der Waals surface area (Å²) >= 11 is 11.8. The SMILES string of the molecule is Clc1ccc(Oc2nc(Nc3ccccc3)nc(Oc3ccc(Cl)cc3)n2)cc1. The van der Waals surface area contributed by atoms with Gasteiger partial charge in [0.15, 0.2) is 0 Å². The van der Waals surface area contributed by atoms with E-state index in [2.05, 4.69) is 20.3 Å². The molecule has 0 aliphatic carbocycles. The van der Waals surface area contributed by atoms with Crippen molar-refractivity contribution in [3.05, 3.63) is 88.9 Å². The van der Waals surface area contributed by atoms with Crippen LogP contribution in [0.25, 0.3) is 0 Å². The van der Waals surface area contributed by atoms with Gasteiger partial charge < -0.3 is 14.8 Å². The van der Waals surface area contributed by atoms with Crippen LogP contribution in [-0.2, 0) is 0 Å². The average Bonchev–Trinajstić information content (AvgIpc) is 2.72. The van der Waals surface area contributed by atoms with E-state index in [1.165, 1.54) is 0 Å². The zero-order chi connectivity index (χ0) is 20.1. The topological polar surface area (TPSA) is 69.2 Å². The van der Waals surface area contributed by atoms with Gasteiger partial charge in [0, 0.05) is 15.7 Å². The lowest BCUT2D eigenvalue weighted by Gasteiger charge is -2.10. The van der Waals surface area contributed by atoms with Gasteiger partial charge in [0.25, 0.3) is 0 Å². The lowest BCUT2D eigenvalue weighted by Crippen LogP contribution is -2.03. The summed E-state index contributed by atoms with van der Waals surface area (Å²) in [4.78, 5) is 12.9. The van der Waals surface area contributed by atoms with E-state index in [9.17, 15) is 0 Å². The molecule has 144 valence electrons. The summed E-state index contributed by atoms with van der Waals surface area (Å²) in [6.07, 6.45) is 0. The summed E-state index contributed by atoms with van der Waals surface area (Å²) < 4.78 is 11.5. The van der Waals surface area contributed by atoms with E-state index in [1.54, 1.807) is 48.5 Å². The molecule has 6 nitrogen and oxygen atoms in total. The Labute approximate surface area is 177 Å².